The number of pyridine rings is 2. The molecule has 4 nitrogen and oxygen atoms in total. The number of benzene rings is 1. The Hall–Kier alpha value is -2.75. The minimum absolute atomic E-state index is 0.704. The third kappa shape index (κ3) is 3.37. The van der Waals surface area contributed by atoms with Crippen LogP contribution in [0.3, 0.4) is 0 Å². The Morgan fingerprint density at radius 1 is 0.826 bits per heavy atom. The van der Waals surface area contributed by atoms with Crippen LogP contribution in [0.4, 0.5) is 0 Å². The van der Waals surface area contributed by atoms with Crippen LogP contribution in [0, 0.1) is 0 Å². The summed E-state index contributed by atoms with van der Waals surface area (Å²) in [6.07, 6.45) is 5.57. The second kappa shape index (κ2) is 8.03. The highest BCUT2D eigenvalue weighted by Gasteiger charge is 2.09. The van der Waals surface area contributed by atoms with Crippen molar-refractivity contribution in [2.24, 2.45) is 0 Å². The van der Waals surface area contributed by atoms with Gasteiger partial charge in [0.15, 0.2) is 11.5 Å². The van der Waals surface area contributed by atoms with Gasteiger partial charge in [-0.15, -0.1) is 5.10 Å². The first-order valence-corrected chi connectivity index (χ1v) is 8.06. The van der Waals surface area contributed by atoms with Gasteiger partial charge in [0.25, 0.3) is 0 Å². The summed E-state index contributed by atoms with van der Waals surface area (Å²) in [6, 6.07) is 14.0. The Morgan fingerprint density at radius 2 is 1.57 bits per heavy atom. The molecule has 118 valence electrons. The summed E-state index contributed by atoms with van der Waals surface area (Å²) in [7, 11) is 0. The smallest absolute Gasteiger partial charge is 0.184 e. The summed E-state index contributed by atoms with van der Waals surface area (Å²) in [5.41, 5.74) is 1.80. The molecule has 0 saturated heterocycles. The molecule has 0 aliphatic carbocycles. The van der Waals surface area contributed by atoms with Crippen LogP contribution in [0.5, 0.6) is 0 Å². The molecule has 1 aromatic carbocycles. The SMILES string of the molecule is CC.CC.c1ccc2c(-c3nc4ccccn4n3)cncc2c1. The summed E-state index contributed by atoms with van der Waals surface area (Å²) in [6.45, 7) is 8.00. The molecule has 0 radical (unpaired) electrons. The lowest BCUT2D eigenvalue weighted by Crippen LogP contribution is -1.87. The average molecular weight is 306 g/mol. The maximum atomic E-state index is 4.54. The van der Waals surface area contributed by atoms with Crippen molar-refractivity contribution < 1.29 is 0 Å². The zero-order valence-corrected chi connectivity index (χ0v) is 14.1. The van der Waals surface area contributed by atoms with Crippen molar-refractivity contribution >= 4 is 16.4 Å². The van der Waals surface area contributed by atoms with E-state index in [4.69, 9.17) is 0 Å². The van der Waals surface area contributed by atoms with Gasteiger partial charge >= 0.3 is 0 Å². The summed E-state index contributed by atoms with van der Waals surface area (Å²) in [4.78, 5) is 8.82. The van der Waals surface area contributed by atoms with Crippen LogP contribution in [0.15, 0.2) is 61.1 Å². The Morgan fingerprint density at radius 3 is 2.35 bits per heavy atom. The van der Waals surface area contributed by atoms with Gasteiger partial charge < -0.3 is 0 Å². The largest absolute Gasteiger partial charge is 0.263 e. The van der Waals surface area contributed by atoms with E-state index in [1.807, 2.05) is 82.7 Å². The predicted molar refractivity (Wildman–Crippen MR) is 96.4 cm³/mol. The highest BCUT2D eigenvalue weighted by molar-refractivity contribution is 5.94. The maximum absolute atomic E-state index is 4.54. The van der Waals surface area contributed by atoms with Gasteiger partial charge in [-0.3, -0.25) is 4.98 Å². The number of nitrogens with zero attached hydrogens (tertiary/aromatic N) is 4. The molecular weight excluding hydrogens is 284 g/mol. The first kappa shape index (κ1) is 16.6. The molecule has 0 N–H and O–H groups in total. The van der Waals surface area contributed by atoms with Gasteiger partial charge in [0, 0.05) is 29.5 Å². The third-order valence-electron chi connectivity index (χ3n) is 3.15. The first-order valence-electron chi connectivity index (χ1n) is 8.06. The Labute approximate surface area is 136 Å². The van der Waals surface area contributed by atoms with Crippen molar-refractivity contribution in [1.29, 1.82) is 0 Å². The summed E-state index contributed by atoms with van der Waals surface area (Å²) < 4.78 is 1.77. The van der Waals surface area contributed by atoms with Crippen molar-refractivity contribution in [3.63, 3.8) is 0 Å². The van der Waals surface area contributed by atoms with Gasteiger partial charge in [-0.1, -0.05) is 58.0 Å². The van der Waals surface area contributed by atoms with E-state index in [1.165, 1.54) is 0 Å². The third-order valence-corrected chi connectivity index (χ3v) is 3.15. The standard InChI is InChI=1S/C15H10N4.2C2H6/c1-2-6-12-11(5-1)9-16-10-13(12)15-17-14-7-3-4-8-19(14)18-15;2*1-2/h1-10H;2*1-2H3. The lowest BCUT2D eigenvalue weighted by atomic mass is 10.1. The quantitative estimate of drug-likeness (QED) is 0.497. The van der Waals surface area contributed by atoms with Crippen LogP contribution in [-0.2, 0) is 0 Å². The Kier molecular flexibility index (Phi) is 5.80. The van der Waals surface area contributed by atoms with Crippen molar-refractivity contribution in [2.75, 3.05) is 0 Å². The summed E-state index contributed by atoms with van der Waals surface area (Å²) >= 11 is 0. The van der Waals surface area contributed by atoms with E-state index in [1.54, 1.807) is 4.52 Å². The molecule has 4 rings (SSSR count). The molecular formula is C19H22N4. The lowest BCUT2D eigenvalue weighted by Gasteiger charge is -2.01. The van der Waals surface area contributed by atoms with Gasteiger partial charge in [0.1, 0.15) is 0 Å². The number of hydrogen-bond donors (Lipinski definition) is 0. The molecule has 0 atom stereocenters. The Balaban J connectivity index is 0.000000448. The van der Waals surface area contributed by atoms with Crippen LogP contribution >= 0.6 is 0 Å². The number of aromatic nitrogens is 4. The molecule has 0 unspecified atom stereocenters. The molecule has 0 spiro atoms. The zero-order valence-electron chi connectivity index (χ0n) is 14.1. The zero-order chi connectivity index (χ0) is 16.7. The second-order valence-corrected chi connectivity index (χ2v) is 4.35. The lowest BCUT2D eigenvalue weighted by molar-refractivity contribution is 0.966. The molecule has 0 amide bonds. The molecule has 0 saturated carbocycles. The fourth-order valence-corrected chi connectivity index (χ4v) is 2.24. The van der Waals surface area contributed by atoms with Gasteiger partial charge in [-0.25, -0.2) is 9.50 Å². The molecule has 0 bridgehead atoms. The highest BCUT2D eigenvalue weighted by Crippen LogP contribution is 2.25. The molecule has 4 aromatic rings. The fraction of sp³-hybridized carbons (Fsp3) is 0.211. The van der Waals surface area contributed by atoms with Gasteiger partial charge in [-0.2, -0.15) is 0 Å². The molecule has 3 heterocycles. The monoisotopic (exact) mass is 306 g/mol. The molecule has 3 aromatic heterocycles. The van der Waals surface area contributed by atoms with Crippen molar-refractivity contribution in [1.82, 2.24) is 19.6 Å². The van der Waals surface area contributed by atoms with Crippen LogP contribution < -0.4 is 0 Å². The molecule has 0 aliphatic rings. The van der Waals surface area contributed by atoms with E-state index in [9.17, 15) is 0 Å². The van der Waals surface area contributed by atoms with E-state index >= 15 is 0 Å². The first-order chi connectivity index (χ1) is 11.4. The number of rotatable bonds is 1. The minimum atomic E-state index is 0.704. The normalized spacial score (nSPS) is 9.74. The minimum Gasteiger partial charge on any atom is -0.263 e. The fourth-order valence-electron chi connectivity index (χ4n) is 2.24. The topological polar surface area (TPSA) is 43.1 Å². The number of hydrogen-bond acceptors (Lipinski definition) is 3. The van der Waals surface area contributed by atoms with Crippen LogP contribution in [0.2, 0.25) is 0 Å². The number of fused-ring (bicyclic) bond motifs is 2. The molecule has 4 heteroatoms. The van der Waals surface area contributed by atoms with E-state index < -0.39 is 0 Å². The van der Waals surface area contributed by atoms with E-state index in [0.29, 0.717) is 5.82 Å². The molecule has 0 aliphatic heterocycles. The van der Waals surface area contributed by atoms with Crippen molar-refractivity contribution in [3.8, 4) is 11.4 Å². The highest BCUT2D eigenvalue weighted by atomic mass is 15.3. The summed E-state index contributed by atoms with van der Waals surface area (Å²) in [5, 5.41) is 6.71. The van der Waals surface area contributed by atoms with Crippen molar-refractivity contribution in [3.05, 3.63) is 61.1 Å². The van der Waals surface area contributed by atoms with Gasteiger partial charge in [0.05, 0.1) is 0 Å². The predicted octanol–water partition coefficient (Wildman–Crippen LogP) is 5.00. The van der Waals surface area contributed by atoms with E-state index in [2.05, 4.69) is 21.1 Å². The van der Waals surface area contributed by atoms with Crippen LogP contribution in [0.25, 0.3) is 27.8 Å². The van der Waals surface area contributed by atoms with E-state index in [-0.39, 0.29) is 0 Å². The second-order valence-electron chi connectivity index (χ2n) is 4.35. The Bertz CT molecular complexity index is 842. The van der Waals surface area contributed by atoms with Crippen LogP contribution in [-0.4, -0.2) is 19.6 Å². The van der Waals surface area contributed by atoms with Gasteiger partial charge in [0.2, 0.25) is 0 Å². The maximum Gasteiger partial charge on any atom is 0.184 e. The van der Waals surface area contributed by atoms with Gasteiger partial charge in [-0.05, 0) is 17.5 Å². The molecule has 0 fully saturated rings. The average Bonchev–Trinajstić information content (AvgIpc) is 3.08. The van der Waals surface area contributed by atoms with E-state index in [0.717, 1.165) is 22.0 Å². The summed E-state index contributed by atoms with van der Waals surface area (Å²) in [5.74, 6) is 0.704. The van der Waals surface area contributed by atoms with Crippen molar-refractivity contribution in [2.45, 2.75) is 27.7 Å². The molecule has 23 heavy (non-hydrogen) atoms. The van der Waals surface area contributed by atoms with Crippen LogP contribution in [0.1, 0.15) is 27.7 Å².